The molecule has 0 unspecified atom stereocenters. The number of nitrogens with zero attached hydrogens (tertiary/aromatic N) is 1. The van der Waals surface area contributed by atoms with Crippen LogP contribution in [0.25, 0.3) is 0 Å². The van der Waals surface area contributed by atoms with Gasteiger partial charge in [0.05, 0.1) is 5.69 Å². The van der Waals surface area contributed by atoms with Gasteiger partial charge in [-0.25, -0.2) is 0 Å². The summed E-state index contributed by atoms with van der Waals surface area (Å²) in [4.78, 5) is 13.9. The quantitative estimate of drug-likeness (QED) is 0.925. The maximum Gasteiger partial charge on any atom is 0.265 e. The normalized spacial score (nSPS) is 19.3. The van der Waals surface area contributed by atoms with Crippen molar-refractivity contribution in [3.8, 4) is 5.75 Å². The Morgan fingerprint density at radius 1 is 1.33 bits per heavy atom. The molecule has 114 valence electrons. The maximum absolute atomic E-state index is 12.0. The Morgan fingerprint density at radius 3 is 2.90 bits per heavy atom. The second-order valence-electron chi connectivity index (χ2n) is 6.03. The summed E-state index contributed by atoms with van der Waals surface area (Å²) in [7, 11) is 0. The predicted octanol–water partition coefficient (Wildman–Crippen LogP) is 2.36. The van der Waals surface area contributed by atoms with Crippen LogP contribution in [-0.4, -0.2) is 32.1 Å². The van der Waals surface area contributed by atoms with Gasteiger partial charge in [-0.3, -0.25) is 4.79 Å². The molecule has 1 aromatic rings. The zero-order valence-electron chi connectivity index (χ0n) is 12.7. The third kappa shape index (κ3) is 3.21. The largest absolute Gasteiger partial charge is 0.482 e. The number of piperidine rings is 1. The number of rotatable bonds is 4. The number of nitrogens with one attached hydrogen (secondary N) is 1. The fourth-order valence-electron chi connectivity index (χ4n) is 3.26. The van der Waals surface area contributed by atoms with Crippen LogP contribution in [0.1, 0.15) is 31.7 Å². The molecule has 0 radical (unpaired) electrons. The summed E-state index contributed by atoms with van der Waals surface area (Å²) in [6.07, 6.45) is 4.54. The molecular formula is C17H24N2O2. The Balaban J connectivity index is 1.79. The molecule has 21 heavy (non-hydrogen) atoms. The van der Waals surface area contributed by atoms with E-state index in [1.165, 1.54) is 18.4 Å². The number of ether oxygens (including phenoxy) is 1. The number of carbonyl (C=O) groups is 1. The molecule has 0 spiro atoms. The molecule has 1 fully saturated rings. The lowest BCUT2D eigenvalue weighted by molar-refractivity contribution is -0.121. The fraction of sp³-hybridized carbons (Fsp3) is 0.588. The Hall–Kier alpha value is -1.55. The lowest BCUT2D eigenvalue weighted by Gasteiger charge is -2.30. The number of benzene rings is 1. The minimum Gasteiger partial charge on any atom is -0.482 e. The van der Waals surface area contributed by atoms with Gasteiger partial charge in [0.15, 0.2) is 6.61 Å². The molecule has 0 saturated carbocycles. The van der Waals surface area contributed by atoms with E-state index in [9.17, 15) is 4.79 Å². The van der Waals surface area contributed by atoms with E-state index >= 15 is 0 Å². The highest BCUT2D eigenvalue weighted by Gasteiger charge is 2.25. The molecule has 1 aromatic carbocycles. The lowest BCUT2D eigenvalue weighted by atomic mass is 9.90. The highest BCUT2D eigenvalue weighted by atomic mass is 16.5. The Bertz CT molecular complexity index is 510. The number of anilines is 1. The molecule has 1 amide bonds. The SMILES string of the molecule is CCCN1C(=O)COc2ccc(CC3CCNCC3)cc21. The first-order chi connectivity index (χ1) is 10.3. The van der Waals surface area contributed by atoms with E-state index in [2.05, 4.69) is 24.4 Å². The van der Waals surface area contributed by atoms with Crippen LogP contribution < -0.4 is 15.0 Å². The summed E-state index contributed by atoms with van der Waals surface area (Å²) < 4.78 is 5.56. The van der Waals surface area contributed by atoms with Gasteiger partial charge in [-0.1, -0.05) is 13.0 Å². The second kappa shape index (κ2) is 6.48. The first kappa shape index (κ1) is 14.4. The van der Waals surface area contributed by atoms with Gasteiger partial charge in [-0.2, -0.15) is 0 Å². The first-order valence-electron chi connectivity index (χ1n) is 8.04. The zero-order chi connectivity index (χ0) is 14.7. The van der Waals surface area contributed by atoms with Gasteiger partial charge in [0.1, 0.15) is 5.75 Å². The van der Waals surface area contributed by atoms with E-state index in [0.29, 0.717) is 0 Å². The molecule has 0 aromatic heterocycles. The Kier molecular flexibility index (Phi) is 4.44. The van der Waals surface area contributed by atoms with E-state index in [-0.39, 0.29) is 12.5 Å². The zero-order valence-corrected chi connectivity index (χ0v) is 12.7. The van der Waals surface area contributed by atoms with Crippen LogP contribution >= 0.6 is 0 Å². The molecule has 2 aliphatic heterocycles. The van der Waals surface area contributed by atoms with E-state index in [1.54, 1.807) is 0 Å². The van der Waals surface area contributed by atoms with E-state index in [1.807, 2.05) is 11.0 Å². The van der Waals surface area contributed by atoms with Crippen LogP contribution in [0, 0.1) is 5.92 Å². The van der Waals surface area contributed by atoms with Gasteiger partial charge >= 0.3 is 0 Å². The molecule has 0 atom stereocenters. The van der Waals surface area contributed by atoms with Crippen LogP contribution in [0.5, 0.6) is 5.75 Å². The minimum absolute atomic E-state index is 0.0726. The number of carbonyl (C=O) groups excluding carboxylic acids is 1. The minimum atomic E-state index is 0.0726. The smallest absolute Gasteiger partial charge is 0.265 e. The predicted molar refractivity (Wildman–Crippen MR) is 83.9 cm³/mol. The number of hydrogen-bond acceptors (Lipinski definition) is 3. The summed E-state index contributed by atoms with van der Waals surface area (Å²) in [5, 5.41) is 3.41. The van der Waals surface area contributed by atoms with Crippen molar-refractivity contribution >= 4 is 11.6 Å². The number of hydrogen-bond donors (Lipinski definition) is 1. The van der Waals surface area contributed by atoms with Gasteiger partial charge < -0.3 is 15.0 Å². The highest BCUT2D eigenvalue weighted by Crippen LogP contribution is 2.34. The van der Waals surface area contributed by atoms with Gasteiger partial charge in [-0.05, 0) is 62.4 Å². The molecular weight excluding hydrogens is 264 g/mol. The average molecular weight is 288 g/mol. The lowest BCUT2D eigenvalue weighted by Crippen LogP contribution is -2.39. The van der Waals surface area contributed by atoms with Crippen LogP contribution in [0.15, 0.2) is 18.2 Å². The van der Waals surface area contributed by atoms with E-state index < -0.39 is 0 Å². The highest BCUT2D eigenvalue weighted by molar-refractivity contribution is 5.97. The fourth-order valence-corrected chi connectivity index (χ4v) is 3.26. The van der Waals surface area contributed by atoms with Gasteiger partial charge in [-0.15, -0.1) is 0 Å². The topological polar surface area (TPSA) is 41.6 Å². The number of amides is 1. The molecule has 4 heteroatoms. The Labute approximate surface area is 126 Å². The third-order valence-corrected chi connectivity index (χ3v) is 4.40. The van der Waals surface area contributed by atoms with Crippen LogP contribution in [0.2, 0.25) is 0 Å². The summed E-state index contributed by atoms with van der Waals surface area (Å²) >= 11 is 0. The van der Waals surface area contributed by atoms with Crippen molar-refractivity contribution in [1.82, 2.24) is 5.32 Å². The van der Waals surface area contributed by atoms with Crippen molar-refractivity contribution < 1.29 is 9.53 Å². The molecule has 3 rings (SSSR count). The molecule has 1 N–H and O–H groups in total. The third-order valence-electron chi connectivity index (χ3n) is 4.40. The first-order valence-corrected chi connectivity index (χ1v) is 8.04. The molecule has 2 aliphatic rings. The second-order valence-corrected chi connectivity index (χ2v) is 6.03. The summed E-state index contributed by atoms with van der Waals surface area (Å²) in [5.74, 6) is 1.67. The molecule has 1 saturated heterocycles. The van der Waals surface area contributed by atoms with Crippen LogP contribution in [0.4, 0.5) is 5.69 Å². The van der Waals surface area contributed by atoms with Crippen molar-refractivity contribution in [2.45, 2.75) is 32.6 Å². The summed E-state index contributed by atoms with van der Waals surface area (Å²) in [6.45, 7) is 5.28. The van der Waals surface area contributed by atoms with Crippen molar-refractivity contribution in [2.24, 2.45) is 5.92 Å². The van der Waals surface area contributed by atoms with Crippen LogP contribution in [-0.2, 0) is 11.2 Å². The molecule has 0 aliphatic carbocycles. The van der Waals surface area contributed by atoms with Crippen molar-refractivity contribution in [3.63, 3.8) is 0 Å². The Morgan fingerprint density at radius 2 is 2.14 bits per heavy atom. The van der Waals surface area contributed by atoms with E-state index in [4.69, 9.17) is 4.74 Å². The van der Waals surface area contributed by atoms with E-state index in [0.717, 1.165) is 49.8 Å². The van der Waals surface area contributed by atoms with Gasteiger partial charge in [0, 0.05) is 6.54 Å². The monoisotopic (exact) mass is 288 g/mol. The molecule has 2 heterocycles. The van der Waals surface area contributed by atoms with Crippen molar-refractivity contribution in [2.75, 3.05) is 31.1 Å². The maximum atomic E-state index is 12.0. The molecule has 0 bridgehead atoms. The van der Waals surface area contributed by atoms with Crippen molar-refractivity contribution in [3.05, 3.63) is 23.8 Å². The van der Waals surface area contributed by atoms with Crippen molar-refractivity contribution in [1.29, 1.82) is 0 Å². The summed E-state index contributed by atoms with van der Waals surface area (Å²) in [5.41, 5.74) is 2.28. The standard InChI is InChI=1S/C17H24N2O2/c1-2-9-19-15-11-14(10-13-5-7-18-8-6-13)3-4-16(15)21-12-17(19)20/h3-4,11,13,18H,2,5-10,12H2,1H3. The van der Waals surface area contributed by atoms with Crippen LogP contribution in [0.3, 0.4) is 0 Å². The average Bonchev–Trinajstić information content (AvgIpc) is 2.51. The molecule has 4 nitrogen and oxygen atoms in total. The van der Waals surface area contributed by atoms with Gasteiger partial charge in [0.2, 0.25) is 0 Å². The van der Waals surface area contributed by atoms with Gasteiger partial charge in [0.25, 0.3) is 5.91 Å². The number of fused-ring (bicyclic) bond motifs is 1. The summed E-state index contributed by atoms with van der Waals surface area (Å²) in [6, 6.07) is 6.34.